The number of hydrogen-bond acceptors (Lipinski definition) is 4. The summed E-state index contributed by atoms with van der Waals surface area (Å²) in [5.74, 6) is 1.44. The highest BCUT2D eigenvalue weighted by molar-refractivity contribution is 7.10. The Balaban J connectivity index is 2.32. The van der Waals surface area contributed by atoms with Crippen LogP contribution < -0.4 is 10.6 Å². The molecule has 0 aliphatic heterocycles. The highest BCUT2D eigenvalue weighted by atomic mass is 32.1. The van der Waals surface area contributed by atoms with Crippen LogP contribution in [0.25, 0.3) is 0 Å². The first-order chi connectivity index (χ1) is 6.61. The fourth-order valence-electron chi connectivity index (χ4n) is 1.54. The summed E-state index contributed by atoms with van der Waals surface area (Å²) in [5, 5.41) is 1.26. The first-order valence-corrected chi connectivity index (χ1v) is 5.86. The molecule has 4 heteroatoms. The normalized spacial score (nSPS) is 16.3. The van der Waals surface area contributed by atoms with Crippen molar-refractivity contribution < 1.29 is 0 Å². The van der Waals surface area contributed by atoms with Gasteiger partial charge in [-0.25, -0.2) is 0 Å². The van der Waals surface area contributed by atoms with Crippen molar-refractivity contribution >= 4 is 22.4 Å². The highest BCUT2D eigenvalue weighted by Crippen LogP contribution is 2.48. The molecule has 1 aliphatic rings. The van der Waals surface area contributed by atoms with Crippen LogP contribution in [0.3, 0.4) is 0 Å². The van der Waals surface area contributed by atoms with Crippen molar-refractivity contribution in [2.45, 2.75) is 38.6 Å². The topological polar surface area (TPSA) is 42.2 Å². The van der Waals surface area contributed by atoms with Crippen molar-refractivity contribution in [1.29, 1.82) is 0 Å². The number of nitrogen functional groups attached to an aromatic ring is 1. The van der Waals surface area contributed by atoms with Crippen LogP contribution in [-0.2, 0) is 0 Å². The number of anilines is 2. The summed E-state index contributed by atoms with van der Waals surface area (Å²) in [6, 6.07) is 0.507. The van der Waals surface area contributed by atoms with Gasteiger partial charge in [0.25, 0.3) is 0 Å². The zero-order chi connectivity index (χ0) is 10.3. The van der Waals surface area contributed by atoms with Crippen molar-refractivity contribution in [2.24, 2.45) is 0 Å². The SMILES string of the molecule is CC(C)N(C)c1snc(N)c1C1CC1. The standard InChI is InChI=1S/C10H17N3S/c1-6(2)13(3)10-8(7-4-5-7)9(11)12-14-10/h6-7H,4-5H2,1-3H3,(H2,11,12). The molecular weight excluding hydrogens is 194 g/mol. The molecule has 1 aromatic rings. The van der Waals surface area contributed by atoms with Crippen molar-refractivity contribution in [2.75, 3.05) is 17.7 Å². The lowest BCUT2D eigenvalue weighted by molar-refractivity contribution is 0.757. The minimum atomic E-state index is 0.507. The van der Waals surface area contributed by atoms with Gasteiger partial charge in [-0.3, -0.25) is 0 Å². The summed E-state index contributed by atoms with van der Waals surface area (Å²) >= 11 is 1.53. The first-order valence-electron chi connectivity index (χ1n) is 5.09. The van der Waals surface area contributed by atoms with Crippen LogP contribution in [0.4, 0.5) is 10.8 Å². The van der Waals surface area contributed by atoms with Crippen LogP contribution >= 0.6 is 11.5 Å². The summed E-state index contributed by atoms with van der Waals surface area (Å²) < 4.78 is 4.26. The molecule has 3 nitrogen and oxygen atoms in total. The molecule has 78 valence electrons. The lowest BCUT2D eigenvalue weighted by atomic mass is 10.2. The van der Waals surface area contributed by atoms with Gasteiger partial charge in [0.1, 0.15) is 10.8 Å². The Kier molecular flexibility index (Phi) is 2.39. The number of nitrogens with two attached hydrogens (primary N) is 1. The van der Waals surface area contributed by atoms with E-state index in [0.717, 1.165) is 5.82 Å². The quantitative estimate of drug-likeness (QED) is 0.835. The van der Waals surface area contributed by atoms with Crippen LogP contribution in [0.5, 0.6) is 0 Å². The zero-order valence-corrected chi connectivity index (χ0v) is 9.77. The average molecular weight is 211 g/mol. The molecule has 0 amide bonds. The van der Waals surface area contributed by atoms with Gasteiger partial charge in [-0.05, 0) is 44.1 Å². The maximum atomic E-state index is 5.89. The van der Waals surface area contributed by atoms with Crippen molar-refractivity contribution in [1.82, 2.24) is 4.37 Å². The molecule has 0 radical (unpaired) electrons. The second-order valence-electron chi connectivity index (χ2n) is 4.27. The number of rotatable bonds is 3. The maximum absolute atomic E-state index is 5.89. The van der Waals surface area contributed by atoms with Gasteiger partial charge < -0.3 is 10.6 Å². The van der Waals surface area contributed by atoms with E-state index >= 15 is 0 Å². The Labute approximate surface area is 89.1 Å². The van der Waals surface area contributed by atoms with Crippen molar-refractivity contribution in [3.05, 3.63) is 5.56 Å². The summed E-state index contributed by atoms with van der Waals surface area (Å²) in [6.45, 7) is 4.37. The molecule has 0 unspecified atom stereocenters. The van der Waals surface area contributed by atoms with Gasteiger partial charge >= 0.3 is 0 Å². The summed E-state index contributed by atoms with van der Waals surface area (Å²) in [7, 11) is 2.11. The molecule has 1 aliphatic carbocycles. The Bertz CT molecular complexity index is 328. The molecule has 1 fully saturated rings. The number of aromatic nitrogens is 1. The second-order valence-corrected chi connectivity index (χ2v) is 5.02. The Morgan fingerprint density at radius 3 is 2.64 bits per heavy atom. The van der Waals surface area contributed by atoms with Gasteiger partial charge in [-0.1, -0.05) is 0 Å². The van der Waals surface area contributed by atoms with E-state index in [2.05, 4.69) is 30.2 Å². The van der Waals surface area contributed by atoms with Gasteiger partial charge in [-0.15, -0.1) is 0 Å². The summed E-state index contributed by atoms with van der Waals surface area (Å²) in [6.07, 6.45) is 2.56. The van der Waals surface area contributed by atoms with Crippen molar-refractivity contribution in [3.63, 3.8) is 0 Å². The molecule has 0 spiro atoms. The third-order valence-electron chi connectivity index (χ3n) is 2.82. The van der Waals surface area contributed by atoms with E-state index in [1.165, 1.54) is 34.9 Å². The predicted molar refractivity (Wildman–Crippen MR) is 62.0 cm³/mol. The third-order valence-corrected chi connectivity index (χ3v) is 3.79. The Hall–Kier alpha value is -0.770. The molecule has 0 aromatic carbocycles. The monoisotopic (exact) mass is 211 g/mol. The van der Waals surface area contributed by atoms with E-state index in [-0.39, 0.29) is 0 Å². The molecule has 0 atom stereocenters. The van der Waals surface area contributed by atoms with E-state index in [4.69, 9.17) is 5.73 Å². The van der Waals surface area contributed by atoms with Crippen LogP contribution in [0, 0.1) is 0 Å². The van der Waals surface area contributed by atoms with E-state index in [9.17, 15) is 0 Å². The predicted octanol–water partition coefficient (Wildman–Crippen LogP) is 2.45. The highest BCUT2D eigenvalue weighted by Gasteiger charge is 2.31. The van der Waals surface area contributed by atoms with E-state index in [1.807, 2.05) is 0 Å². The molecular formula is C10H17N3S. The van der Waals surface area contributed by atoms with Gasteiger partial charge in [0.15, 0.2) is 0 Å². The fourth-order valence-corrected chi connectivity index (χ4v) is 2.54. The lowest BCUT2D eigenvalue weighted by Crippen LogP contribution is -2.25. The molecule has 14 heavy (non-hydrogen) atoms. The summed E-state index contributed by atoms with van der Waals surface area (Å²) in [5.41, 5.74) is 7.19. The minimum Gasteiger partial charge on any atom is -0.383 e. The van der Waals surface area contributed by atoms with E-state index < -0.39 is 0 Å². The first kappa shape index (κ1) is 9.77. The molecule has 2 N–H and O–H groups in total. The van der Waals surface area contributed by atoms with E-state index in [1.54, 1.807) is 0 Å². The second kappa shape index (κ2) is 3.42. The van der Waals surface area contributed by atoms with Gasteiger partial charge in [0, 0.05) is 18.7 Å². The van der Waals surface area contributed by atoms with Gasteiger partial charge in [0.2, 0.25) is 0 Å². The van der Waals surface area contributed by atoms with E-state index in [0.29, 0.717) is 12.0 Å². The van der Waals surface area contributed by atoms with Crippen molar-refractivity contribution in [3.8, 4) is 0 Å². The smallest absolute Gasteiger partial charge is 0.142 e. The van der Waals surface area contributed by atoms with Crippen LogP contribution in [0.15, 0.2) is 0 Å². The van der Waals surface area contributed by atoms with Crippen LogP contribution in [0.2, 0.25) is 0 Å². The molecule has 2 rings (SSSR count). The Morgan fingerprint density at radius 1 is 1.50 bits per heavy atom. The summed E-state index contributed by atoms with van der Waals surface area (Å²) in [4.78, 5) is 2.27. The van der Waals surface area contributed by atoms with Crippen LogP contribution in [0.1, 0.15) is 38.2 Å². The zero-order valence-electron chi connectivity index (χ0n) is 8.95. The molecule has 1 saturated carbocycles. The largest absolute Gasteiger partial charge is 0.383 e. The minimum absolute atomic E-state index is 0.507. The van der Waals surface area contributed by atoms with Gasteiger partial charge in [0.05, 0.1) is 0 Å². The molecule has 0 saturated heterocycles. The van der Waals surface area contributed by atoms with Crippen LogP contribution in [-0.4, -0.2) is 17.5 Å². The average Bonchev–Trinajstić information content (AvgIpc) is 2.89. The molecule has 0 bridgehead atoms. The Morgan fingerprint density at radius 2 is 2.14 bits per heavy atom. The lowest BCUT2D eigenvalue weighted by Gasteiger charge is -2.22. The van der Waals surface area contributed by atoms with Gasteiger partial charge in [-0.2, -0.15) is 4.37 Å². The molecule has 1 heterocycles. The maximum Gasteiger partial charge on any atom is 0.142 e. The molecule has 1 aromatic heterocycles. The number of nitrogens with zero attached hydrogens (tertiary/aromatic N) is 2. The third kappa shape index (κ3) is 1.59. The fraction of sp³-hybridized carbons (Fsp3) is 0.700. The number of hydrogen-bond donors (Lipinski definition) is 1.